The van der Waals surface area contributed by atoms with E-state index in [1.165, 1.54) is 0 Å². The van der Waals surface area contributed by atoms with E-state index in [-0.39, 0.29) is 5.91 Å². The summed E-state index contributed by atoms with van der Waals surface area (Å²) in [6.45, 7) is 1.76. The molecule has 0 unspecified atom stereocenters. The van der Waals surface area contributed by atoms with E-state index in [0.717, 1.165) is 19.3 Å². The normalized spacial score (nSPS) is 9.40. The van der Waals surface area contributed by atoms with E-state index in [4.69, 9.17) is 10.3 Å². The van der Waals surface area contributed by atoms with E-state index in [2.05, 4.69) is 15.3 Å². The lowest BCUT2D eigenvalue weighted by Gasteiger charge is -2.03. The summed E-state index contributed by atoms with van der Waals surface area (Å²) < 4.78 is 4.84. The van der Waals surface area contributed by atoms with E-state index in [0.29, 0.717) is 26.1 Å². The minimum absolute atomic E-state index is 0.0517. The van der Waals surface area contributed by atoms with Gasteiger partial charge in [-0.3, -0.25) is 4.79 Å². The van der Waals surface area contributed by atoms with Crippen molar-refractivity contribution < 1.29 is 9.53 Å². The monoisotopic (exact) mass is 214 g/mol. The number of nitrogens with one attached hydrogen (secondary N) is 1. The SMILES string of the molecule is COCCCC(=O)NCCCCN=[N+]=[N-]. The van der Waals surface area contributed by atoms with Crippen LogP contribution in [0.2, 0.25) is 0 Å². The van der Waals surface area contributed by atoms with Gasteiger partial charge in [-0.15, -0.1) is 0 Å². The maximum absolute atomic E-state index is 11.2. The number of rotatable bonds is 9. The van der Waals surface area contributed by atoms with Crippen LogP contribution in [-0.2, 0) is 9.53 Å². The number of azide groups is 1. The Kier molecular flexibility index (Phi) is 9.91. The first-order chi connectivity index (χ1) is 7.31. The van der Waals surface area contributed by atoms with Crippen LogP contribution in [0.1, 0.15) is 25.7 Å². The van der Waals surface area contributed by atoms with Crippen LogP contribution in [0.4, 0.5) is 0 Å². The molecule has 0 aliphatic rings. The maximum atomic E-state index is 11.2. The van der Waals surface area contributed by atoms with Gasteiger partial charge in [-0.2, -0.15) is 0 Å². The summed E-state index contributed by atoms with van der Waals surface area (Å²) in [5.74, 6) is 0.0517. The van der Waals surface area contributed by atoms with Crippen molar-refractivity contribution in [3.63, 3.8) is 0 Å². The lowest BCUT2D eigenvalue weighted by Crippen LogP contribution is -2.24. The fourth-order valence-electron chi connectivity index (χ4n) is 1.05. The fraction of sp³-hybridized carbons (Fsp3) is 0.889. The average Bonchev–Trinajstić information content (AvgIpc) is 2.23. The maximum Gasteiger partial charge on any atom is 0.220 e. The molecule has 0 atom stereocenters. The Bertz CT molecular complexity index is 214. The molecular formula is C9H18N4O2. The number of carbonyl (C=O) groups excluding carboxylic acids is 1. The highest BCUT2D eigenvalue weighted by Gasteiger charge is 1.99. The Morgan fingerprint density at radius 3 is 2.93 bits per heavy atom. The van der Waals surface area contributed by atoms with Crippen molar-refractivity contribution in [1.29, 1.82) is 0 Å². The van der Waals surface area contributed by atoms with Gasteiger partial charge >= 0.3 is 0 Å². The third-order valence-corrected chi connectivity index (χ3v) is 1.82. The van der Waals surface area contributed by atoms with Crippen LogP contribution in [0.3, 0.4) is 0 Å². The first-order valence-corrected chi connectivity index (χ1v) is 5.07. The van der Waals surface area contributed by atoms with Gasteiger partial charge in [0.2, 0.25) is 5.91 Å². The summed E-state index contributed by atoms with van der Waals surface area (Å²) >= 11 is 0. The molecular weight excluding hydrogens is 196 g/mol. The molecule has 6 heteroatoms. The molecule has 0 aromatic heterocycles. The molecule has 0 aliphatic heterocycles. The van der Waals surface area contributed by atoms with Crippen molar-refractivity contribution in [2.24, 2.45) is 5.11 Å². The van der Waals surface area contributed by atoms with Gasteiger partial charge in [-0.25, -0.2) is 0 Å². The summed E-state index contributed by atoms with van der Waals surface area (Å²) in [5.41, 5.74) is 8.01. The molecule has 15 heavy (non-hydrogen) atoms. The number of amides is 1. The number of ether oxygens (including phenoxy) is 1. The molecule has 0 aromatic carbocycles. The average molecular weight is 214 g/mol. The zero-order valence-electron chi connectivity index (χ0n) is 9.11. The molecule has 0 fully saturated rings. The van der Waals surface area contributed by atoms with E-state index in [9.17, 15) is 4.79 Å². The van der Waals surface area contributed by atoms with Gasteiger partial charge in [0.25, 0.3) is 0 Å². The zero-order chi connectivity index (χ0) is 11.4. The van der Waals surface area contributed by atoms with Gasteiger partial charge in [0.05, 0.1) is 0 Å². The quantitative estimate of drug-likeness (QED) is 0.273. The molecule has 0 rings (SSSR count). The van der Waals surface area contributed by atoms with Gasteiger partial charge in [0.15, 0.2) is 0 Å². The molecule has 0 saturated carbocycles. The minimum Gasteiger partial charge on any atom is -0.385 e. The van der Waals surface area contributed by atoms with Crippen molar-refractivity contribution in [2.75, 3.05) is 26.8 Å². The second-order valence-electron chi connectivity index (χ2n) is 3.11. The summed E-state index contributed by atoms with van der Waals surface area (Å²) in [7, 11) is 1.62. The van der Waals surface area contributed by atoms with E-state index >= 15 is 0 Å². The Hall–Kier alpha value is -1.26. The summed E-state index contributed by atoms with van der Waals surface area (Å²) in [5, 5.41) is 6.19. The predicted molar refractivity (Wildman–Crippen MR) is 57.4 cm³/mol. The predicted octanol–water partition coefficient (Wildman–Crippen LogP) is 1.62. The third-order valence-electron chi connectivity index (χ3n) is 1.82. The second kappa shape index (κ2) is 10.8. The molecule has 0 heterocycles. The van der Waals surface area contributed by atoms with Gasteiger partial charge in [0, 0.05) is 38.1 Å². The van der Waals surface area contributed by atoms with Gasteiger partial charge in [-0.05, 0) is 24.8 Å². The molecule has 1 amide bonds. The molecule has 0 saturated heterocycles. The molecule has 0 spiro atoms. The summed E-state index contributed by atoms with van der Waals surface area (Å²) in [6, 6.07) is 0. The zero-order valence-corrected chi connectivity index (χ0v) is 9.11. The van der Waals surface area contributed by atoms with Crippen molar-refractivity contribution in [3.05, 3.63) is 10.4 Å². The lowest BCUT2D eigenvalue weighted by atomic mass is 10.3. The van der Waals surface area contributed by atoms with Crippen LogP contribution < -0.4 is 5.32 Å². The Balaban J connectivity index is 3.20. The van der Waals surface area contributed by atoms with E-state index in [1.807, 2.05) is 0 Å². The summed E-state index contributed by atoms with van der Waals surface area (Å²) in [6.07, 6.45) is 2.91. The smallest absolute Gasteiger partial charge is 0.220 e. The van der Waals surface area contributed by atoms with Crippen LogP contribution in [0.15, 0.2) is 5.11 Å². The highest BCUT2D eigenvalue weighted by molar-refractivity contribution is 5.75. The van der Waals surface area contributed by atoms with Gasteiger partial charge in [-0.1, -0.05) is 5.11 Å². The number of nitrogens with zero attached hydrogens (tertiary/aromatic N) is 3. The highest BCUT2D eigenvalue weighted by Crippen LogP contribution is 1.91. The number of unbranched alkanes of at least 4 members (excludes halogenated alkanes) is 1. The molecule has 86 valence electrons. The summed E-state index contributed by atoms with van der Waals surface area (Å²) in [4.78, 5) is 13.8. The molecule has 6 nitrogen and oxygen atoms in total. The molecule has 0 radical (unpaired) electrons. The van der Waals surface area contributed by atoms with Crippen molar-refractivity contribution >= 4 is 5.91 Å². The Morgan fingerprint density at radius 2 is 2.27 bits per heavy atom. The van der Waals surface area contributed by atoms with E-state index in [1.54, 1.807) is 7.11 Å². The van der Waals surface area contributed by atoms with Crippen LogP contribution in [0.25, 0.3) is 10.4 Å². The van der Waals surface area contributed by atoms with Crippen LogP contribution in [0, 0.1) is 0 Å². The molecule has 0 aliphatic carbocycles. The molecule has 1 N–H and O–H groups in total. The van der Waals surface area contributed by atoms with Gasteiger partial charge < -0.3 is 10.1 Å². The van der Waals surface area contributed by atoms with Crippen LogP contribution in [-0.4, -0.2) is 32.7 Å². The number of hydrogen-bond donors (Lipinski definition) is 1. The Labute approximate surface area is 89.6 Å². The van der Waals surface area contributed by atoms with Crippen LogP contribution >= 0.6 is 0 Å². The van der Waals surface area contributed by atoms with Crippen molar-refractivity contribution in [3.8, 4) is 0 Å². The van der Waals surface area contributed by atoms with Gasteiger partial charge in [0.1, 0.15) is 0 Å². The Morgan fingerprint density at radius 1 is 1.47 bits per heavy atom. The first kappa shape index (κ1) is 13.7. The van der Waals surface area contributed by atoms with Crippen molar-refractivity contribution in [2.45, 2.75) is 25.7 Å². The largest absolute Gasteiger partial charge is 0.385 e. The lowest BCUT2D eigenvalue weighted by molar-refractivity contribution is -0.121. The van der Waals surface area contributed by atoms with E-state index < -0.39 is 0 Å². The number of methoxy groups -OCH3 is 1. The molecule has 0 bridgehead atoms. The minimum atomic E-state index is 0.0517. The van der Waals surface area contributed by atoms with Crippen molar-refractivity contribution in [1.82, 2.24) is 5.32 Å². The van der Waals surface area contributed by atoms with Crippen LogP contribution in [0.5, 0.6) is 0 Å². The number of carbonyl (C=O) groups is 1. The first-order valence-electron chi connectivity index (χ1n) is 5.07. The topological polar surface area (TPSA) is 87.1 Å². The second-order valence-corrected chi connectivity index (χ2v) is 3.11. The molecule has 0 aromatic rings. The highest BCUT2D eigenvalue weighted by atomic mass is 16.5. The third kappa shape index (κ3) is 10.7. The number of hydrogen-bond acceptors (Lipinski definition) is 3. The standard InChI is InChI=1S/C9H18N4O2/c1-15-8-4-5-9(14)11-6-2-3-7-12-13-10/h2-8H2,1H3,(H,11,14). The fourth-order valence-corrected chi connectivity index (χ4v) is 1.05.